The van der Waals surface area contributed by atoms with Crippen LogP contribution in [0.4, 0.5) is 0 Å². The molecule has 186 valence electrons. The van der Waals surface area contributed by atoms with Crippen molar-refractivity contribution < 1.29 is 9.53 Å². The van der Waals surface area contributed by atoms with Gasteiger partial charge in [-0.2, -0.15) is 0 Å². The van der Waals surface area contributed by atoms with Crippen LogP contribution in [-0.4, -0.2) is 99.1 Å². The summed E-state index contributed by atoms with van der Waals surface area (Å²) in [5, 5.41) is 6.88. The minimum Gasteiger partial charge on any atom is -0.497 e. The SMILES string of the molecule is CCNC(=NCC(c1cccc(OC)c1)N1CCCC1)NCCN1CCN(C(C)=O)CC1.I. The first-order valence-corrected chi connectivity index (χ1v) is 12.0. The van der Waals surface area contributed by atoms with E-state index in [4.69, 9.17) is 9.73 Å². The van der Waals surface area contributed by atoms with Crippen molar-refractivity contribution in [2.75, 3.05) is 72.6 Å². The lowest BCUT2D eigenvalue weighted by atomic mass is 10.1. The summed E-state index contributed by atoms with van der Waals surface area (Å²) in [5.41, 5.74) is 1.26. The average molecular weight is 573 g/mol. The van der Waals surface area contributed by atoms with Gasteiger partial charge in [0.2, 0.25) is 5.91 Å². The van der Waals surface area contributed by atoms with Gasteiger partial charge in [-0.15, -0.1) is 24.0 Å². The van der Waals surface area contributed by atoms with Gasteiger partial charge in [0.25, 0.3) is 0 Å². The van der Waals surface area contributed by atoms with Gasteiger partial charge >= 0.3 is 0 Å². The third-order valence-corrected chi connectivity index (χ3v) is 6.36. The third-order valence-electron chi connectivity index (χ3n) is 6.36. The molecule has 33 heavy (non-hydrogen) atoms. The van der Waals surface area contributed by atoms with Crippen molar-refractivity contribution in [3.8, 4) is 5.75 Å². The summed E-state index contributed by atoms with van der Waals surface area (Å²) in [6.07, 6.45) is 2.50. The van der Waals surface area contributed by atoms with Crippen LogP contribution in [0.15, 0.2) is 29.3 Å². The number of carbonyl (C=O) groups excluding carboxylic acids is 1. The number of rotatable bonds is 9. The molecule has 8 nitrogen and oxygen atoms in total. The van der Waals surface area contributed by atoms with Gasteiger partial charge in [-0.3, -0.25) is 19.6 Å². The Morgan fingerprint density at radius 1 is 1.12 bits per heavy atom. The van der Waals surface area contributed by atoms with Gasteiger partial charge in [0.05, 0.1) is 19.7 Å². The minimum absolute atomic E-state index is 0. The second kappa shape index (κ2) is 14.6. The van der Waals surface area contributed by atoms with Crippen molar-refractivity contribution in [2.45, 2.75) is 32.7 Å². The van der Waals surface area contributed by atoms with Crippen molar-refractivity contribution in [2.24, 2.45) is 4.99 Å². The van der Waals surface area contributed by atoms with Crippen LogP contribution in [0, 0.1) is 0 Å². The van der Waals surface area contributed by atoms with Gasteiger partial charge in [-0.1, -0.05) is 12.1 Å². The number of nitrogens with zero attached hydrogens (tertiary/aromatic N) is 4. The Morgan fingerprint density at radius 2 is 1.85 bits per heavy atom. The second-order valence-electron chi connectivity index (χ2n) is 8.53. The number of halogens is 1. The summed E-state index contributed by atoms with van der Waals surface area (Å²) in [5.74, 6) is 1.93. The maximum absolute atomic E-state index is 11.5. The highest BCUT2D eigenvalue weighted by Crippen LogP contribution is 2.27. The zero-order valence-electron chi connectivity index (χ0n) is 20.4. The van der Waals surface area contributed by atoms with Crippen molar-refractivity contribution in [3.05, 3.63) is 29.8 Å². The van der Waals surface area contributed by atoms with Crippen LogP contribution in [0.25, 0.3) is 0 Å². The molecule has 2 fully saturated rings. The first-order chi connectivity index (χ1) is 15.6. The molecule has 0 bridgehead atoms. The summed E-state index contributed by atoms with van der Waals surface area (Å²) in [4.78, 5) is 23.3. The lowest BCUT2D eigenvalue weighted by Gasteiger charge is -2.34. The molecule has 2 aliphatic heterocycles. The lowest BCUT2D eigenvalue weighted by Crippen LogP contribution is -2.50. The number of guanidine groups is 1. The average Bonchev–Trinajstić information content (AvgIpc) is 3.34. The Morgan fingerprint density at radius 3 is 2.48 bits per heavy atom. The fourth-order valence-electron chi connectivity index (χ4n) is 4.47. The van der Waals surface area contributed by atoms with Crippen molar-refractivity contribution in [1.29, 1.82) is 0 Å². The number of hydrogen-bond donors (Lipinski definition) is 2. The molecule has 0 aliphatic carbocycles. The first kappa shape index (κ1) is 27.7. The van der Waals surface area contributed by atoms with Gasteiger partial charge in [0, 0.05) is 52.7 Å². The second-order valence-corrected chi connectivity index (χ2v) is 8.53. The highest BCUT2D eigenvalue weighted by atomic mass is 127. The molecule has 0 radical (unpaired) electrons. The molecule has 1 unspecified atom stereocenters. The van der Waals surface area contributed by atoms with E-state index in [0.717, 1.165) is 70.6 Å². The van der Waals surface area contributed by atoms with Gasteiger partial charge in [-0.25, -0.2) is 0 Å². The smallest absolute Gasteiger partial charge is 0.219 e. The standard InChI is InChI=1S/C24H40N6O2.HI/c1-4-25-24(26-10-13-28-14-16-29(17-15-28)20(2)31)27-19-23(30-11-5-6-12-30)21-8-7-9-22(18-21)32-3;/h7-9,18,23H,4-6,10-17,19H2,1-3H3,(H2,25,26,27);1H. The summed E-state index contributed by atoms with van der Waals surface area (Å²) in [6.45, 7) is 12.8. The number of methoxy groups -OCH3 is 1. The van der Waals surface area contributed by atoms with E-state index in [9.17, 15) is 4.79 Å². The maximum Gasteiger partial charge on any atom is 0.219 e. The van der Waals surface area contributed by atoms with E-state index in [-0.39, 0.29) is 35.9 Å². The molecule has 1 amide bonds. The summed E-state index contributed by atoms with van der Waals surface area (Å²) < 4.78 is 5.46. The number of aliphatic imine (C=N–C) groups is 1. The van der Waals surface area contributed by atoms with Crippen LogP contribution in [0.2, 0.25) is 0 Å². The largest absolute Gasteiger partial charge is 0.497 e. The zero-order chi connectivity index (χ0) is 22.8. The fraction of sp³-hybridized carbons (Fsp3) is 0.667. The van der Waals surface area contributed by atoms with Crippen LogP contribution in [0.3, 0.4) is 0 Å². The number of nitrogens with one attached hydrogen (secondary N) is 2. The van der Waals surface area contributed by atoms with Crippen LogP contribution in [0.1, 0.15) is 38.3 Å². The number of likely N-dealkylation sites (tertiary alicyclic amines) is 1. The predicted molar refractivity (Wildman–Crippen MR) is 145 cm³/mol. The zero-order valence-corrected chi connectivity index (χ0v) is 22.7. The van der Waals surface area contributed by atoms with Crippen molar-refractivity contribution in [1.82, 2.24) is 25.3 Å². The number of hydrogen-bond acceptors (Lipinski definition) is 5. The van der Waals surface area contributed by atoms with Gasteiger partial charge in [-0.05, 0) is 50.6 Å². The molecule has 0 aromatic heterocycles. The van der Waals surface area contributed by atoms with Crippen LogP contribution in [0.5, 0.6) is 5.75 Å². The molecule has 1 atom stereocenters. The fourth-order valence-corrected chi connectivity index (χ4v) is 4.47. The molecule has 9 heteroatoms. The van der Waals surface area contributed by atoms with Crippen LogP contribution < -0.4 is 15.4 Å². The number of carbonyl (C=O) groups is 1. The Hall–Kier alpha value is -1.59. The molecule has 2 N–H and O–H groups in total. The Kier molecular flexibility index (Phi) is 12.3. The first-order valence-electron chi connectivity index (χ1n) is 12.0. The molecule has 0 spiro atoms. The quantitative estimate of drug-likeness (QED) is 0.269. The molecular formula is C24H41IN6O2. The van der Waals surface area contributed by atoms with E-state index in [1.165, 1.54) is 18.4 Å². The Labute approximate surface area is 216 Å². The number of benzene rings is 1. The van der Waals surface area contributed by atoms with Gasteiger partial charge in [0.1, 0.15) is 5.75 Å². The topological polar surface area (TPSA) is 72.4 Å². The van der Waals surface area contributed by atoms with E-state index < -0.39 is 0 Å². The number of amides is 1. The summed E-state index contributed by atoms with van der Waals surface area (Å²) in [6, 6.07) is 8.63. The van der Waals surface area contributed by atoms with Crippen molar-refractivity contribution >= 4 is 35.8 Å². The molecule has 3 rings (SSSR count). The van der Waals surface area contributed by atoms with E-state index in [1.54, 1.807) is 14.0 Å². The number of ether oxygens (including phenoxy) is 1. The van der Waals surface area contributed by atoms with Crippen molar-refractivity contribution in [3.63, 3.8) is 0 Å². The molecule has 0 saturated carbocycles. The van der Waals surface area contributed by atoms with Crippen LogP contribution >= 0.6 is 24.0 Å². The molecule has 1 aromatic rings. The lowest BCUT2D eigenvalue weighted by molar-refractivity contribution is -0.130. The minimum atomic E-state index is 0. The summed E-state index contributed by atoms with van der Waals surface area (Å²) >= 11 is 0. The Bertz CT molecular complexity index is 748. The van der Waals surface area contributed by atoms with Crippen LogP contribution in [-0.2, 0) is 4.79 Å². The monoisotopic (exact) mass is 572 g/mol. The van der Waals surface area contributed by atoms with E-state index >= 15 is 0 Å². The molecule has 1 aromatic carbocycles. The molecule has 2 saturated heterocycles. The van der Waals surface area contributed by atoms with Gasteiger partial charge in [0.15, 0.2) is 5.96 Å². The Balaban J connectivity index is 0.00000385. The molecule has 2 heterocycles. The normalized spacial score (nSPS) is 18.5. The number of piperazine rings is 1. The third kappa shape index (κ3) is 8.60. The van der Waals surface area contributed by atoms with E-state index in [1.807, 2.05) is 11.0 Å². The maximum atomic E-state index is 11.5. The molecular weight excluding hydrogens is 531 g/mol. The van der Waals surface area contributed by atoms with Gasteiger partial charge < -0.3 is 20.3 Å². The highest BCUT2D eigenvalue weighted by molar-refractivity contribution is 14.0. The highest BCUT2D eigenvalue weighted by Gasteiger charge is 2.24. The molecule has 2 aliphatic rings. The van der Waals surface area contributed by atoms with E-state index in [0.29, 0.717) is 6.54 Å². The van der Waals surface area contributed by atoms with E-state index in [2.05, 4.69) is 45.6 Å². The predicted octanol–water partition coefficient (Wildman–Crippen LogP) is 2.17. The summed E-state index contributed by atoms with van der Waals surface area (Å²) in [7, 11) is 1.72.